The number of hydrogen-bond acceptors (Lipinski definition) is 4. The van der Waals surface area contributed by atoms with Gasteiger partial charge in [0.25, 0.3) is 5.91 Å². The summed E-state index contributed by atoms with van der Waals surface area (Å²) in [5.41, 5.74) is 3.95. The van der Waals surface area contributed by atoms with Gasteiger partial charge >= 0.3 is 0 Å². The van der Waals surface area contributed by atoms with Crippen molar-refractivity contribution in [3.63, 3.8) is 0 Å². The van der Waals surface area contributed by atoms with E-state index in [1.54, 1.807) is 0 Å². The van der Waals surface area contributed by atoms with Crippen molar-refractivity contribution < 1.29 is 9.53 Å². The van der Waals surface area contributed by atoms with Crippen LogP contribution in [-0.4, -0.2) is 12.5 Å². The van der Waals surface area contributed by atoms with Crippen LogP contribution in [0.4, 0.5) is 5.00 Å². The molecule has 1 N–H and O–H groups in total. The van der Waals surface area contributed by atoms with Gasteiger partial charge in [-0.1, -0.05) is 13.0 Å². The van der Waals surface area contributed by atoms with Gasteiger partial charge in [0.15, 0.2) is 6.61 Å². The Balaban J connectivity index is 1.68. The van der Waals surface area contributed by atoms with Gasteiger partial charge in [-0.25, -0.2) is 0 Å². The maximum absolute atomic E-state index is 12.3. The maximum atomic E-state index is 12.3. The van der Waals surface area contributed by atoms with E-state index < -0.39 is 0 Å². The van der Waals surface area contributed by atoms with E-state index in [0.29, 0.717) is 22.2 Å². The van der Waals surface area contributed by atoms with Gasteiger partial charge in [0, 0.05) is 4.88 Å². The first-order chi connectivity index (χ1) is 12.0. The summed E-state index contributed by atoms with van der Waals surface area (Å²) in [6.45, 7) is 6.16. The molecule has 1 amide bonds. The molecular formula is C20H22N2O2S. The van der Waals surface area contributed by atoms with Crippen molar-refractivity contribution in [1.29, 1.82) is 5.26 Å². The van der Waals surface area contributed by atoms with Crippen LogP contribution in [0.2, 0.25) is 0 Å². The number of ether oxygens (including phenoxy) is 1. The van der Waals surface area contributed by atoms with E-state index in [0.717, 1.165) is 36.0 Å². The van der Waals surface area contributed by atoms with E-state index in [9.17, 15) is 10.1 Å². The zero-order valence-electron chi connectivity index (χ0n) is 14.8. The number of carbonyl (C=O) groups excluding carboxylic acids is 1. The van der Waals surface area contributed by atoms with E-state index in [1.807, 2.05) is 26.0 Å². The van der Waals surface area contributed by atoms with Crippen LogP contribution in [0.25, 0.3) is 0 Å². The quantitative estimate of drug-likeness (QED) is 0.886. The minimum Gasteiger partial charge on any atom is -0.484 e. The van der Waals surface area contributed by atoms with Crippen LogP contribution < -0.4 is 10.1 Å². The molecule has 1 aliphatic carbocycles. The molecular weight excluding hydrogens is 332 g/mol. The summed E-state index contributed by atoms with van der Waals surface area (Å²) >= 11 is 1.54. The zero-order chi connectivity index (χ0) is 18.0. The molecule has 0 saturated heterocycles. The van der Waals surface area contributed by atoms with E-state index >= 15 is 0 Å². The van der Waals surface area contributed by atoms with Crippen LogP contribution >= 0.6 is 11.3 Å². The predicted molar refractivity (Wildman–Crippen MR) is 100 cm³/mol. The SMILES string of the molecule is Cc1cc(C)cc(OCC(=O)Nc2sc3c(c2C#N)CCC(C)C3)c1. The van der Waals surface area contributed by atoms with E-state index in [1.165, 1.54) is 16.2 Å². The van der Waals surface area contributed by atoms with Gasteiger partial charge < -0.3 is 10.1 Å². The zero-order valence-corrected chi connectivity index (χ0v) is 15.6. The number of nitrogens with one attached hydrogen (secondary N) is 1. The number of aryl methyl sites for hydroxylation is 2. The van der Waals surface area contributed by atoms with E-state index in [-0.39, 0.29) is 12.5 Å². The Hall–Kier alpha value is -2.32. The van der Waals surface area contributed by atoms with Gasteiger partial charge in [0.1, 0.15) is 16.8 Å². The number of anilines is 1. The first kappa shape index (κ1) is 17.5. The van der Waals surface area contributed by atoms with Gasteiger partial charge in [-0.15, -0.1) is 11.3 Å². The Morgan fingerprint density at radius 3 is 2.76 bits per heavy atom. The monoisotopic (exact) mass is 354 g/mol. The van der Waals surface area contributed by atoms with Gasteiger partial charge in [0.05, 0.1) is 5.56 Å². The Kier molecular flexibility index (Phi) is 5.10. The van der Waals surface area contributed by atoms with E-state index in [4.69, 9.17) is 4.74 Å². The highest BCUT2D eigenvalue weighted by Gasteiger charge is 2.24. The fraction of sp³-hybridized carbons (Fsp3) is 0.400. The van der Waals surface area contributed by atoms with Gasteiger partial charge in [0.2, 0.25) is 0 Å². The summed E-state index contributed by atoms with van der Waals surface area (Å²) in [5.74, 6) is 1.09. The fourth-order valence-corrected chi connectivity index (χ4v) is 4.66. The fourth-order valence-electron chi connectivity index (χ4n) is 3.28. The third-order valence-corrected chi connectivity index (χ3v) is 5.61. The highest BCUT2D eigenvalue weighted by Crippen LogP contribution is 2.39. The minimum absolute atomic E-state index is 0.0628. The highest BCUT2D eigenvalue weighted by molar-refractivity contribution is 7.16. The standard InChI is InChI=1S/C20H22N2O2S/c1-12-4-5-16-17(10-21)20(25-18(16)9-12)22-19(23)11-24-15-7-13(2)6-14(3)8-15/h6-8,12H,4-5,9,11H2,1-3H3,(H,22,23). The Labute approximate surface area is 152 Å². The average Bonchev–Trinajstić information content (AvgIpc) is 2.88. The van der Waals surface area contributed by atoms with Gasteiger partial charge in [-0.05, 0) is 67.9 Å². The Bertz CT molecular complexity index is 828. The van der Waals surface area contributed by atoms with Crippen molar-refractivity contribution in [3.05, 3.63) is 45.3 Å². The van der Waals surface area contributed by atoms with Gasteiger partial charge in [-0.3, -0.25) is 4.79 Å². The number of carbonyl (C=O) groups is 1. The Morgan fingerprint density at radius 1 is 1.36 bits per heavy atom. The molecule has 25 heavy (non-hydrogen) atoms. The first-order valence-corrected chi connectivity index (χ1v) is 9.33. The molecule has 1 aromatic carbocycles. The van der Waals surface area contributed by atoms with Crippen molar-refractivity contribution in [3.8, 4) is 11.8 Å². The lowest BCUT2D eigenvalue weighted by molar-refractivity contribution is -0.118. The summed E-state index contributed by atoms with van der Waals surface area (Å²) in [7, 11) is 0. The molecule has 0 radical (unpaired) electrons. The summed E-state index contributed by atoms with van der Waals surface area (Å²) in [4.78, 5) is 13.5. The lowest BCUT2D eigenvalue weighted by Crippen LogP contribution is -2.20. The largest absolute Gasteiger partial charge is 0.484 e. The third-order valence-electron chi connectivity index (χ3n) is 4.44. The normalized spacial score (nSPS) is 16.0. The maximum Gasteiger partial charge on any atom is 0.262 e. The molecule has 1 heterocycles. The molecule has 0 saturated carbocycles. The number of hydrogen-bond donors (Lipinski definition) is 1. The number of nitriles is 1. The number of thiophene rings is 1. The summed E-state index contributed by atoms with van der Waals surface area (Å²) in [5, 5.41) is 13.0. The molecule has 130 valence electrons. The average molecular weight is 354 g/mol. The number of nitrogens with zero attached hydrogens (tertiary/aromatic N) is 1. The molecule has 0 bridgehead atoms. The third kappa shape index (κ3) is 4.02. The molecule has 0 aliphatic heterocycles. The van der Waals surface area contributed by atoms with Gasteiger partial charge in [-0.2, -0.15) is 5.26 Å². The minimum atomic E-state index is -0.234. The molecule has 0 fully saturated rings. The van der Waals surface area contributed by atoms with Crippen LogP contribution in [0, 0.1) is 31.1 Å². The topological polar surface area (TPSA) is 62.1 Å². The molecule has 5 heteroatoms. The number of fused-ring (bicyclic) bond motifs is 1. The number of amides is 1. The predicted octanol–water partition coefficient (Wildman–Crippen LogP) is 4.38. The highest BCUT2D eigenvalue weighted by atomic mass is 32.1. The van der Waals surface area contributed by atoms with Crippen LogP contribution in [0.5, 0.6) is 5.75 Å². The summed E-state index contributed by atoms with van der Waals surface area (Å²) < 4.78 is 5.60. The van der Waals surface area contributed by atoms with Crippen molar-refractivity contribution in [2.75, 3.05) is 11.9 Å². The molecule has 1 aliphatic rings. The molecule has 4 nitrogen and oxygen atoms in total. The molecule has 1 aromatic heterocycles. The molecule has 1 atom stereocenters. The van der Waals surface area contributed by atoms with Crippen molar-refractivity contribution in [2.24, 2.45) is 5.92 Å². The van der Waals surface area contributed by atoms with Crippen LogP contribution in [0.1, 0.15) is 40.5 Å². The summed E-state index contributed by atoms with van der Waals surface area (Å²) in [6.07, 6.45) is 3.01. The molecule has 3 rings (SSSR count). The smallest absolute Gasteiger partial charge is 0.262 e. The first-order valence-electron chi connectivity index (χ1n) is 8.52. The van der Waals surface area contributed by atoms with Crippen molar-refractivity contribution in [1.82, 2.24) is 0 Å². The van der Waals surface area contributed by atoms with Crippen molar-refractivity contribution in [2.45, 2.75) is 40.0 Å². The van der Waals surface area contributed by atoms with Crippen LogP contribution in [0.3, 0.4) is 0 Å². The molecule has 0 spiro atoms. The number of rotatable bonds is 4. The van der Waals surface area contributed by atoms with E-state index in [2.05, 4.69) is 24.4 Å². The lowest BCUT2D eigenvalue weighted by atomic mass is 9.89. The second-order valence-corrected chi connectivity index (χ2v) is 7.93. The number of benzene rings is 1. The Morgan fingerprint density at radius 2 is 2.08 bits per heavy atom. The second kappa shape index (κ2) is 7.28. The lowest BCUT2D eigenvalue weighted by Gasteiger charge is -2.17. The van der Waals surface area contributed by atoms with Crippen LogP contribution in [0.15, 0.2) is 18.2 Å². The van der Waals surface area contributed by atoms with Crippen molar-refractivity contribution >= 4 is 22.2 Å². The second-order valence-electron chi connectivity index (χ2n) is 6.83. The summed E-state index contributed by atoms with van der Waals surface area (Å²) in [6, 6.07) is 8.14. The van der Waals surface area contributed by atoms with Crippen LogP contribution in [-0.2, 0) is 17.6 Å². The molecule has 1 unspecified atom stereocenters. The molecule has 2 aromatic rings.